The van der Waals surface area contributed by atoms with Crippen LogP contribution in [-0.2, 0) is 13.1 Å². The number of carbonyl (C=O) groups excluding carboxylic acids is 1. The molecular formula is C24H30N6O3. The van der Waals surface area contributed by atoms with Crippen LogP contribution < -0.4 is 10.1 Å². The molecule has 0 radical (unpaired) electrons. The molecule has 0 aliphatic heterocycles. The number of aromatic nitrogens is 5. The molecule has 3 aromatic rings. The first-order valence-electron chi connectivity index (χ1n) is 11.3. The Balaban J connectivity index is 1.41. The third-order valence-electron chi connectivity index (χ3n) is 6.13. The van der Waals surface area contributed by atoms with E-state index in [1.165, 1.54) is 0 Å². The van der Waals surface area contributed by atoms with Crippen LogP contribution in [0.5, 0.6) is 5.75 Å². The van der Waals surface area contributed by atoms with Crippen molar-refractivity contribution in [2.75, 3.05) is 13.7 Å². The van der Waals surface area contributed by atoms with Crippen molar-refractivity contribution in [3.63, 3.8) is 0 Å². The Morgan fingerprint density at radius 3 is 2.73 bits per heavy atom. The summed E-state index contributed by atoms with van der Waals surface area (Å²) in [6.07, 6.45) is 4.21. The van der Waals surface area contributed by atoms with Gasteiger partial charge in [0.2, 0.25) is 5.82 Å². The predicted octanol–water partition coefficient (Wildman–Crippen LogP) is 2.78. The number of methoxy groups -OCH3 is 1. The minimum absolute atomic E-state index is 0.268. The summed E-state index contributed by atoms with van der Waals surface area (Å²) in [6, 6.07) is 11.1. The smallest absolute Gasteiger partial charge is 0.270 e. The van der Waals surface area contributed by atoms with E-state index in [-0.39, 0.29) is 12.5 Å². The van der Waals surface area contributed by atoms with Gasteiger partial charge in [-0.15, -0.1) is 10.2 Å². The Morgan fingerprint density at radius 2 is 1.97 bits per heavy atom. The van der Waals surface area contributed by atoms with Crippen molar-refractivity contribution in [1.29, 1.82) is 0 Å². The normalized spacial score (nSPS) is 18.2. The molecule has 4 rings (SSSR count). The van der Waals surface area contributed by atoms with Gasteiger partial charge in [-0.05, 0) is 79.5 Å². The topological polar surface area (TPSA) is 115 Å². The fourth-order valence-electron chi connectivity index (χ4n) is 4.23. The van der Waals surface area contributed by atoms with E-state index in [4.69, 9.17) is 4.74 Å². The third-order valence-corrected chi connectivity index (χ3v) is 6.13. The number of benzene rings is 1. The van der Waals surface area contributed by atoms with E-state index in [1.807, 2.05) is 37.3 Å². The van der Waals surface area contributed by atoms with Gasteiger partial charge in [0.05, 0.1) is 13.7 Å². The van der Waals surface area contributed by atoms with Crippen LogP contribution in [-0.4, -0.2) is 49.9 Å². The Morgan fingerprint density at radius 1 is 1.18 bits per heavy atom. The van der Waals surface area contributed by atoms with Gasteiger partial charge in [-0.1, -0.05) is 12.1 Å². The Kier molecular flexibility index (Phi) is 7.29. The van der Waals surface area contributed by atoms with Crippen LogP contribution in [0.2, 0.25) is 0 Å². The molecule has 174 valence electrons. The van der Waals surface area contributed by atoms with Crippen LogP contribution in [0, 0.1) is 18.8 Å². The summed E-state index contributed by atoms with van der Waals surface area (Å²) in [4.78, 5) is 18.8. The fraction of sp³-hybridized carbons (Fsp3) is 0.458. The standard InChI is InChI=1S/C24H30N6O3/c1-16-10-20(23-27-29-30(28-23)14-17-6-8-18(15-31)9-7-17)12-22(26-16)24(32)25-13-19-4-3-5-21(11-19)33-2/h3-5,10-12,17-18,31H,6-9,13-15H2,1-2H3,(H,25,32). The minimum Gasteiger partial charge on any atom is -0.497 e. The van der Waals surface area contributed by atoms with E-state index in [9.17, 15) is 9.90 Å². The monoisotopic (exact) mass is 450 g/mol. The Labute approximate surface area is 193 Å². The lowest BCUT2D eigenvalue weighted by Crippen LogP contribution is -2.24. The summed E-state index contributed by atoms with van der Waals surface area (Å²) in [5.74, 6) is 1.87. The number of aliphatic hydroxyl groups excluding tert-OH is 1. The summed E-state index contributed by atoms with van der Waals surface area (Å²) in [7, 11) is 1.61. The van der Waals surface area contributed by atoms with Gasteiger partial charge >= 0.3 is 0 Å². The molecule has 9 nitrogen and oxygen atoms in total. The number of rotatable bonds is 8. The average molecular weight is 451 g/mol. The number of hydrogen-bond acceptors (Lipinski definition) is 7. The molecule has 0 spiro atoms. The second-order valence-electron chi connectivity index (χ2n) is 8.65. The summed E-state index contributed by atoms with van der Waals surface area (Å²) < 4.78 is 5.23. The van der Waals surface area contributed by atoms with Crippen molar-refractivity contribution < 1.29 is 14.6 Å². The second-order valence-corrected chi connectivity index (χ2v) is 8.65. The van der Waals surface area contributed by atoms with Crippen LogP contribution >= 0.6 is 0 Å². The number of amides is 1. The zero-order valence-electron chi connectivity index (χ0n) is 19.1. The van der Waals surface area contributed by atoms with Gasteiger partial charge in [0.15, 0.2) is 0 Å². The number of nitrogens with one attached hydrogen (secondary N) is 1. The van der Waals surface area contributed by atoms with Gasteiger partial charge in [-0.25, -0.2) is 4.98 Å². The first-order chi connectivity index (χ1) is 16.0. The van der Waals surface area contributed by atoms with Crippen LogP contribution in [0.1, 0.15) is 47.4 Å². The van der Waals surface area contributed by atoms with Crippen molar-refractivity contribution in [2.45, 2.75) is 45.7 Å². The molecule has 1 aliphatic carbocycles. The Bertz CT molecular complexity index is 1090. The van der Waals surface area contributed by atoms with Gasteiger partial charge in [0.1, 0.15) is 11.4 Å². The quantitative estimate of drug-likeness (QED) is 0.542. The molecular weight excluding hydrogens is 420 g/mol. The molecule has 1 amide bonds. The molecule has 0 saturated heterocycles. The maximum atomic E-state index is 12.7. The molecule has 0 atom stereocenters. The van der Waals surface area contributed by atoms with E-state index in [2.05, 4.69) is 25.7 Å². The highest BCUT2D eigenvalue weighted by Gasteiger charge is 2.22. The first kappa shape index (κ1) is 22.8. The minimum atomic E-state index is -0.268. The molecule has 1 saturated carbocycles. The highest BCUT2D eigenvalue weighted by atomic mass is 16.5. The highest BCUT2D eigenvalue weighted by molar-refractivity contribution is 5.93. The zero-order valence-corrected chi connectivity index (χ0v) is 19.1. The van der Waals surface area contributed by atoms with Crippen molar-refractivity contribution >= 4 is 5.91 Å². The number of ether oxygens (including phenoxy) is 1. The second kappa shape index (κ2) is 10.5. The molecule has 9 heteroatoms. The van der Waals surface area contributed by atoms with Crippen molar-refractivity contribution in [3.05, 3.63) is 53.3 Å². The highest BCUT2D eigenvalue weighted by Crippen LogP contribution is 2.29. The van der Waals surface area contributed by atoms with Gasteiger partial charge < -0.3 is 15.2 Å². The van der Waals surface area contributed by atoms with Gasteiger partial charge in [0, 0.05) is 24.4 Å². The molecule has 2 heterocycles. The zero-order chi connectivity index (χ0) is 23.2. The van der Waals surface area contributed by atoms with Crippen molar-refractivity contribution in [2.24, 2.45) is 11.8 Å². The van der Waals surface area contributed by atoms with Crippen molar-refractivity contribution in [1.82, 2.24) is 30.5 Å². The lowest BCUT2D eigenvalue weighted by Gasteiger charge is -2.26. The molecule has 33 heavy (non-hydrogen) atoms. The molecule has 0 bridgehead atoms. The number of carbonyl (C=O) groups is 1. The van der Waals surface area contributed by atoms with Crippen LogP contribution in [0.15, 0.2) is 36.4 Å². The lowest BCUT2D eigenvalue weighted by molar-refractivity contribution is 0.0945. The van der Waals surface area contributed by atoms with E-state index < -0.39 is 0 Å². The number of nitrogens with zero attached hydrogens (tertiary/aromatic N) is 5. The lowest BCUT2D eigenvalue weighted by atomic mass is 9.82. The van der Waals surface area contributed by atoms with E-state index in [0.717, 1.165) is 37.0 Å². The number of hydrogen-bond donors (Lipinski definition) is 2. The fourth-order valence-corrected chi connectivity index (χ4v) is 4.23. The van der Waals surface area contributed by atoms with Crippen LogP contribution in [0.25, 0.3) is 11.4 Å². The number of aliphatic hydroxyl groups is 1. The first-order valence-corrected chi connectivity index (χ1v) is 11.3. The maximum Gasteiger partial charge on any atom is 0.270 e. The van der Waals surface area contributed by atoms with Gasteiger partial charge in [0.25, 0.3) is 5.91 Å². The van der Waals surface area contributed by atoms with Crippen LogP contribution in [0.3, 0.4) is 0 Å². The number of aryl methyl sites for hydroxylation is 1. The molecule has 2 N–H and O–H groups in total. The van der Waals surface area contributed by atoms with Gasteiger partial charge in [-0.2, -0.15) is 4.80 Å². The third kappa shape index (κ3) is 5.92. The van der Waals surface area contributed by atoms with Gasteiger partial charge in [-0.3, -0.25) is 4.79 Å². The maximum absolute atomic E-state index is 12.7. The largest absolute Gasteiger partial charge is 0.497 e. The molecule has 1 fully saturated rings. The summed E-state index contributed by atoms with van der Waals surface area (Å²) >= 11 is 0. The predicted molar refractivity (Wildman–Crippen MR) is 122 cm³/mol. The van der Waals surface area contributed by atoms with E-state index >= 15 is 0 Å². The number of pyridine rings is 1. The summed E-state index contributed by atoms with van der Waals surface area (Å²) in [5.41, 5.74) is 2.67. The van der Waals surface area contributed by atoms with Crippen LogP contribution in [0.4, 0.5) is 0 Å². The van der Waals surface area contributed by atoms with E-state index in [0.29, 0.717) is 47.7 Å². The molecule has 0 unspecified atom stereocenters. The van der Waals surface area contributed by atoms with E-state index in [1.54, 1.807) is 18.0 Å². The Hall–Kier alpha value is -3.33. The molecule has 2 aromatic heterocycles. The molecule has 1 aromatic carbocycles. The summed E-state index contributed by atoms with van der Waals surface area (Å²) in [5, 5.41) is 25.2. The molecule has 1 aliphatic rings. The summed E-state index contributed by atoms with van der Waals surface area (Å²) in [6.45, 7) is 3.19. The SMILES string of the molecule is COc1cccc(CNC(=O)c2cc(-c3nnn(CC4CCC(CO)CC4)n3)cc(C)n2)c1. The number of tetrazole rings is 1. The van der Waals surface area contributed by atoms with Crippen molar-refractivity contribution in [3.8, 4) is 17.1 Å². The average Bonchev–Trinajstić information content (AvgIpc) is 3.31.